The molecule has 0 unspecified atom stereocenters. The fourth-order valence-electron chi connectivity index (χ4n) is 14.5. The summed E-state index contributed by atoms with van der Waals surface area (Å²) in [7, 11) is 0. The van der Waals surface area contributed by atoms with Crippen LogP contribution in [0, 0.1) is 30.6 Å². The van der Waals surface area contributed by atoms with Gasteiger partial charge in [-0.1, -0.05) is 11.6 Å². The number of aromatic nitrogens is 3. The number of quaternary nitrogens is 1. The van der Waals surface area contributed by atoms with Crippen LogP contribution in [-0.4, -0.2) is 176 Å². The summed E-state index contributed by atoms with van der Waals surface area (Å²) >= 11 is 10.7. The van der Waals surface area contributed by atoms with E-state index in [1.165, 1.54) is 78.9 Å². The molecule has 2 saturated carbocycles. The fourth-order valence-corrected chi connectivity index (χ4v) is 14.7. The Hall–Kier alpha value is -8.04. The number of fused-ring (bicyclic) bond motifs is 3. The van der Waals surface area contributed by atoms with Crippen LogP contribution in [-0.2, 0) is 20.6 Å². The summed E-state index contributed by atoms with van der Waals surface area (Å²) in [5.74, 6) is -8.13. The molecule has 34 heteroatoms. The maximum absolute atomic E-state index is 14.1. The third kappa shape index (κ3) is 19.8. The van der Waals surface area contributed by atoms with Crippen molar-refractivity contribution in [1.29, 1.82) is 0 Å². The normalized spacial score (nSPS) is 18.0. The number of benzene rings is 3. The molecule has 21 nitrogen and oxygen atoms in total. The summed E-state index contributed by atoms with van der Waals surface area (Å²) in [6.07, 6.45) is -3.51. The van der Waals surface area contributed by atoms with Crippen molar-refractivity contribution in [2.45, 2.75) is 160 Å². The van der Waals surface area contributed by atoms with Crippen LogP contribution in [0.25, 0.3) is 76.8 Å². The first-order valence-electron chi connectivity index (χ1n) is 36.6. The zero-order valence-corrected chi connectivity index (χ0v) is 72.5. The Morgan fingerprint density at radius 1 is 0.518 bits per heavy atom. The zero-order valence-electron chi connectivity index (χ0n) is 66.4. The van der Waals surface area contributed by atoms with Gasteiger partial charge in [-0.15, -0.1) is 24.0 Å². The second-order valence-electron chi connectivity index (χ2n) is 32.2. The van der Waals surface area contributed by atoms with Gasteiger partial charge in [0.1, 0.15) is 45.2 Å². The molecular formula is C80H85BCl2F7I3N11O10. The molecule has 2 aliphatic carbocycles. The topological polar surface area (TPSA) is 223 Å². The molecule has 5 amide bonds. The molecule has 14 rings (SSSR count). The molecule has 3 aliphatic heterocycles. The number of nitrogens with two attached hydrogens (primary N) is 1. The van der Waals surface area contributed by atoms with E-state index in [0.717, 1.165) is 13.1 Å². The van der Waals surface area contributed by atoms with Crippen LogP contribution < -0.4 is 17.7 Å². The van der Waals surface area contributed by atoms with Gasteiger partial charge in [0.2, 0.25) is 0 Å². The van der Waals surface area contributed by atoms with Crippen molar-refractivity contribution in [2.75, 3.05) is 58.9 Å². The third-order valence-corrected chi connectivity index (χ3v) is 20.1. The molecule has 0 atom stereocenters. The van der Waals surface area contributed by atoms with Gasteiger partial charge in [0.25, 0.3) is 40.6 Å². The number of carbonyl (C=O) groups excluding carboxylic acids is 5. The van der Waals surface area contributed by atoms with Gasteiger partial charge < -0.3 is 74.6 Å². The van der Waals surface area contributed by atoms with Crippen LogP contribution in [0.3, 0.4) is 0 Å². The van der Waals surface area contributed by atoms with E-state index in [9.17, 15) is 54.7 Å². The molecule has 0 bridgehead atoms. The average molecular weight is 1960 g/mol. The molecule has 607 valence electrons. The fraction of sp³-hybridized carbons (Fsp3) is 0.425. The maximum Gasteiger partial charge on any atom is 0.410 e. The van der Waals surface area contributed by atoms with E-state index in [0.29, 0.717) is 81.6 Å². The number of ether oxygens (including phenoxy) is 2. The lowest BCUT2D eigenvalue weighted by Gasteiger charge is -2.46. The highest BCUT2D eigenvalue weighted by Crippen LogP contribution is 2.58. The van der Waals surface area contributed by atoms with Gasteiger partial charge in [0.15, 0.2) is 34.0 Å². The number of carbonyl (C=O) groups is 5. The van der Waals surface area contributed by atoms with Gasteiger partial charge in [-0.25, -0.2) is 68.4 Å². The molecule has 114 heavy (non-hydrogen) atoms. The standard InChI is InChI=1S/C30H31F3N4O4.C25H27ClFN3O4.C25H23F3N4O2.B.ClH.I2.HI.H2/c1-27(2,3)41-26(39)36-11-12-37(28(4,5)17-36)25(38)23-14-22-24(40-23)20(29(34-6)15-30(32,33)16-29)13-21(35-22)18-7-9-19(31)10-8-18;1-24(2,3)34-23(32)29-10-11-30(25(4,5)14-29)22(31)20-13-19-21(33-20)17(26)12-18(28-19)15-6-8-16(27)9-7-15;1-23(2)14-30-8-9-32(23)22(33)20-11-19-21(34-20)17(24(29-3)12-25(27,28)13-24)10-18(31-19)15-4-6-16(26)7-5-15;;;1-2;;/h7-10,13-14H,11-12,15-17H2,1-5H3;6-9,12-13H,10-11,14H2,1-5H3;4-7,10-11,30H,8-9,12-14H2,1-2H3;;1H;;2*1H/i;;;;;;;1+1D. The van der Waals surface area contributed by atoms with Crippen LogP contribution >= 0.6 is 72.8 Å². The first-order chi connectivity index (χ1) is 52.9. The van der Waals surface area contributed by atoms with Crippen LogP contribution in [0.15, 0.2) is 122 Å². The number of rotatable bonds is 8. The molecule has 2 N–H and O–H groups in total. The second-order valence-corrected chi connectivity index (χ2v) is 32.6. The van der Waals surface area contributed by atoms with Gasteiger partial charge in [0.05, 0.1) is 95.2 Å². The minimum absolute atomic E-state index is 0. The molecule has 0 spiro atoms. The predicted octanol–water partition coefficient (Wildman–Crippen LogP) is 15.6. The SMILES string of the molecule is CC(C)(C)OC(=O)N1CCN(C(=O)c2cc3nc(-c4ccc(F)cc4)cc(Cl)c3o2)C(C)(C)C1.I.II.[2H][2H].[B].[C-]#[N+]C1(c2cc(-c3ccc(F)cc3)nc3cc(C(=O)N4CCN(C(=O)OC(C)(C)C)CC4(C)C)oc23)CC(F)(F)C1.[C-]#[N+]C1(c2cc(-c3ccc(F)cc3)nc3cc(C(=O)N4CC[NH2+]CC4(C)C)oc23)CC(F)(F)C1.[Cl-]. The molecule has 9 heterocycles. The minimum Gasteiger partial charge on any atom is -1.00 e. The largest absolute Gasteiger partial charge is 1.00 e. The van der Waals surface area contributed by atoms with E-state index in [1.807, 2.05) is 62.3 Å². The lowest BCUT2D eigenvalue weighted by atomic mass is 9.69. The van der Waals surface area contributed by atoms with Gasteiger partial charge in [-0.05, 0) is 174 Å². The smallest absolute Gasteiger partial charge is 0.410 e. The first-order valence-corrected chi connectivity index (χ1v) is 42.3. The summed E-state index contributed by atoms with van der Waals surface area (Å²) in [5, 5.41) is 2.45. The second kappa shape index (κ2) is 34.6. The van der Waals surface area contributed by atoms with Crippen molar-refractivity contribution in [3.8, 4) is 33.8 Å². The van der Waals surface area contributed by atoms with Crippen LogP contribution in [0.4, 0.5) is 40.3 Å². The van der Waals surface area contributed by atoms with Crippen LogP contribution in [0.5, 0.6) is 0 Å². The molecule has 3 saturated heterocycles. The molecule has 9 aromatic rings. The number of piperazine rings is 3. The maximum atomic E-state index is 14.1. The van der Waals surface area contributed by atoms with Crippen molar-refractivity contribution in [2.24, 2.45) is 0 Å². The Labute approximate surface area is 711 Å². The number of alkyl halides is 4. The number of hydrogen-bond donors (Lipinski definition) is 1. The summed E-state index contributed by atoms with van der Waals surface area (Å²) in [4.78, 5) is 94.7. The minimum atomic E-state index is -3.00. The third-order valence-electron chi connectivity index (χ3n) is 19.9. The van der Waals surface area contributed by atoms with E-state index < -0.39 is 106 Å². The van der Waals surface area contributed by atoms with E-state index in [2.05, 4.69) is 67.2 Å². The average Bonchev–Trinajstić information content (AvgIpc) is 1.37. The Bertz CT molecular complexity index is 5180. The van der Waals surface area contributed by atoms with Crippen molar-refractivity contribution < 1.29 is 98.1 Å². The van der Waals surface area contributed by atoms with Gasteiger partial charge in [-0.3, -0.25) is 14.4 Å². The number of hydrogen-bond acceptors (Lipinski definition) is 13. The summed E-state index contributed by atoms with van der Waals surface area (Å²) in [6.45, 7) is 41.4. The number of pyridine rings is 3. The van der Waals surface area contributed by atoms with E-state index in [1.54, 1.807) is 75.6 Å². The van der Waals surface area contributed by atoms with Gasteiger partial charge in [0, 0.05) is 123 Å². The number of amides is 5. The molecule has 3 aromatic carbocycles. The first kappa shape index (κ1) is 89.9. The van der Waals surface area contributed by atoms with E-state index in [4.69, 9.17) is 50.4 Å². The zero-order chi connectivity index (χ0) is 83.1. The molecule has 3 radical (unpaired) electrons. The Morgan fingerprint density at radius 3 is 1.12 bits per heavy atom. The quantitative estimate of drug-likeness (QED) is 0.0648. The highest BCUT2D eigenvalue weighted by molar-refractivity contribution is 15.0. The van der Waals surface area contributed by atoms with Gasteiger partial charge in [-0.2, -0.15) is 0 Å². The Balaban J connectivity index is 0.000000234. The van der Waals surface area contributed by atoms with Crippen molar-refractivity contribution in [3.63, 3.8) is 0 Å². The van der Waals surface area contributed by atoms with Crippen molar-refractivity contribution >= 4 is 144 Å². The number of halogens is 12. The molecule has 5 aliphatic rings. The van der Waals surface area contributed by atoms with E-state index >= 15 is 0 Å². The summed E-state index contributed by atoms with van der Waals surface area (Å²) in [6, 6.07) is 26.3. The predicted molar refractivity (Wildman–Crippen MR) is 442 cm³/mol. The summed E-state index contributed by atoms with van der Waals surface area (Å²) in [5.41, 5.74) is -0.999. The molecule has 6 aromatic heterocycles. The molecule has 5 fully saturated rings. The lowest BCUT2D eigenvalue weighted by Crippen LogP contribution is -3.00. The van der Waals surface area contributed by atoms with Crippen molar-refractivity contribution in [3.05, 3.63) is 183 Å². The van der Waals surface area contributed by atoms with Gasteiger partial charge >= 0.3 is 12.2 Å². The highest BCUT2D eigenvalue weighted by atomic mass is 128. The van der Waals surface area contributed by atoms with Crippen LogP contribution in [0.2, 0.25) is 5.02 Å². The Kier molecular flexibility index (Phi) is 27.3. The highest BCUT2D eigenvalue weighted by Gasteiger charge is 2.66. The number of furan rings is 3. The number of nitrogens with zero attached hydrogens (tertiary/aromatic N) is 10. The van der Waals surface area contributed by atoms with Crippen LogP contribution in [0.1, 0.15) is 155 Å². The van der Waals surface area contributed by atoms with E-state index in [-0.39, 0.29) is 127 Å². The lowest BCUT2D eigenvalue weighted by molar-refractivity contribution is -0.673. The monoisotopic (exact) mass is 1960 g/mol. The molecular weight excluding hydrogens is 1870 g/mol. The van der Waals surface area contributed by atoms with Crippen molar-refractivity contribution in [1.82, 2.24) is 39.5 Å². The Morgan fingerprint density at radius 2 is 0.825 bits per heavy atom. The summed E-state index contributed by atoms with van der Waals surface area (Å²) < 4.78 is 135.